The summed E-state index contributed by atoms with van der Waals surface area (Å²) in [5.74, 6) is 1.20. The van der Waals surface area contributed by atoms with Crippen molar-refractivity contribution in [3.8, 4) is 5.75 Å². The molecule has 0 aliphatic rings. The van der Waals surface area contributed by atoms with E-state index in [0.29, 0.717) is 45.5 Å². The molecule has 1 aromatic carbocycles. The Kier molecular flexibility index (Phi) is 10.1. The van der Waals surface area contributed by atoms with Crippen molar-refractivity contribution in [2.24, 2.45) is 0 Å². The number of hydrogen-bond acceptors (Lipinski definition) is 4. The Bertz CT molecular complexity index is 376. The maximum Gasteiger partial charge on any atom is 0.137 e. The molecule has 6 heteroatoms. The zero-order chi connectivity index (χ0) is 14.6. The summed E-state index contributed by atoms with van der Waals surface area (Å²) >= 11 is 9.32. The van der Waals surface area contributed by atoms with Gasteiger partial charge in [-0.15, -0.1) is 11.6 Å². The summed E-state index contributed by atoms with van der Waals surface area (Å²) in [6, 6.07) is 5.80. The van der Waals surface area contributed by atoms with Crippen LogP contribution in [-0.4, -0.2) is 46.8 Å². The Morgan fingerprint density at radius 1 is 1.00 bits per heavy atom. The molecule has 0 spiro atoms. The topological polar surface area (TPSA) is 36.9 Å². The molecule has 20 heavy (non-hydrogen) atoms. The summed E-state index contributed by atoms with van der Waals surface area (Å²) in [4.78, 5) is 0. The van der Waals surface area contributed by atoms with Crippen molar-refractivity contribution < 1.29 is 18.9 Å². The number of para-hydroxylation sites is 1. The Balaban J connectivity index is 2.12. The van der Waals surface area contributed by atoms with Crippen LogP contribution in [0.1, 0.15) is 5.56 Å². The van der Waals surface area contributed by atoms with Gasteiger partial charge in [-0.1, -0.05) is 12.1 Å². The first-order chi connectivity index (χ1) is 9.79. The fourth-order valence-electron chi connectivity index (χ4n) is 1.49. The lowest BCUT2D eigenvalue weighted by molar-refractivity contribution is 0.0179. The van der Waals surface area contributed by atoms with E-state index in [0.717, 1.165) is 15.8 Å². The maximum absolute atomic E-state index is 5.87. The first-order valence-electron chi connectivity index (χ1n) is 6.40. The molecular weight excluding hydrogens is 348 g/mol. The normalized spacial score (nSPS) is 10.8. The van der Waals surface area contributed by atoms with Gasteiger partial charge in [0.15, 0.2) is 0 Å². The molecule has 0 unspecified atom stereocenters. The van der Waals surface area contributed by atoms with E-state index in [1.165, 1.54) is 0 Å². The van der Waals surface area contributed by atoms with E-state index in [1.807, 2.05) is 18.2 Å². The molecular formula is C14H20BrClO4. The van der Waals surface area contributed by atoms with E-state index in [4.69, 9.17) is 30.5 Å². The van der Waals surface area contributed by atoms with Gasteiger partial charge in [0.05, 0.1) is 43.4 Å². The van der Waals surface area contributed by atoms with Crippen LogP contribution in [0.2, 0.25) is 0 Å². The van der Waals surface area contributed by atoms with E-state index in [1.54, 1.807) is 7.11 Å². The summed E-state index contributed by atoms with van der Waals surface area (Å²) < 4.78 is 22.1. The molecule has 0 fully saturated rings. The quantitative estimate of drug-likeness (QED) is 0.444. The highest BCUT2D eigenvalue weighted by Gasteiger charge is 2.06. The van der Waals surface area contributed by atoms with E-state index in [9.17, 15) is 0 Å². The molecule has 114 valence electrons. The zero-order valence-corrected chi connectivity index (χ0v) is 13.9. The van der Waals surface area contributed by atoms with Gasteiger partial charge in [-0.25, -0.2) is 0 Å². The van der Waals surface area contributed by atoms with Crippen LogP contribution in [0.25, 0.3) is 0 Å². The molecule has 1 rings (SSSR count). The van der Waals surface area contributed by atoms with Crippen molar-refractivity contribution in [2.45, 2.75) is 5.88 Å². The molecule has 0 radical (unpaired) electrons. The third-order valence-corrected chi connectivity index (χ3v) is 3.38. The van der Waals surface area contributed by atoms with Crippen LogP contribution in [0, 0.1) is 0 Å². The SMILES string of the molecule is COCCOCCOCCOc1c(Br)cccc1CCl. The van der Waals surface area contributed by atoms with Gasteiger partial charge in [-0.3, -0.25) is 0 Å². The molecule has 0 heterocycles. The first kappa shape index (κ1) is 17.7. The van der Waals surface area contributed by atoms with Gasteiger partial charge >= 0.3 is 0 Å². The maximum atomic E-state index is 5.87. The van der Waals surface area contributed by atoms with Crippen molar-refractivity contribution >= 4 is 27.5 Å². The van der Waals surface area contributed by atoms with Crippen molar-refractivity contribution in [3.05, 3.63) is 28.2 Å². The van der Waals surface area contributed by atoms with Gasteiger partial charge in [0.2, 0.25) is 0 Å². The van der Waals surface area contributed by atoms with Gasteiger partial charge in [-0.05, 0) is 22.0 Å². The molecule has 0 atom stereocenters. The van der Waals surface area contributed by atoms with Crippen LogP contribution in [0.3, 0.4) is 0 Å². The third-order valence-electron chi connectivity index (χ3n) is 2.47. The minimum absolute atomic E-state index is 0.420. The average Bonchev–Trinajstić information content (AvgIpc) is 2.46. The number of ether oxygens (including phenoxy) is 4. The Morgan fingerprint density at radius 2 is 1.65 bits per heavy atom. The minimum Gasteiger partial charge on any atom is -0.490 e. The highest BCUT2D eigenvalue weighted by atomic mass is 79.9. The third kappa shape index (κ3) is 6.90. The van der Waals surface area contributed by atoms with Gasteiger partial charge in [0, 0.05) is 12.7 Å². The van der Waals surface area contributed by atoms with Crippen LogP contribution in [0.15, 0.2) is 22.7 Å². The van der Waals surface area contributed by atoms with Crippen molar-refractivity contribution in [1.82, 2.24) is 0 Å². The van der Waals surface area contributed by atoms with E-state index in [2.05, 4.69) is 15.9 Å². The lowest BCUT2D eigenvalue weighted by Gasteiger charge is -2.12. The summed E-state index contributed by atoms with van der Waals surface area (Å²) in [5, 5.41) is 0. The molecule has 0 N–H and O–H groups in total. The monoisotopic (exact) mass is 366 g/mol. The number of benzene rings is 1. The fourth-order valence-corrected chi connectivity index (χ4v) is 2.22. The largest absolute Gasteiger partial charge is 0.490 e. The Labute approximate surface area is 133 Å². The number of hydrogen-bond donors (Lipinski definition) is 0. The second-order valence-electron chi connectivity index (χ2n) is 3.93. The molecule has 0 aliphatic carbocycles. The summed E-state index contributed by atoms with van der Waals surface area (Å²) in [6.45, 7) is 3.29. The summed E-state index contributed by atoms with van der Waals surface area (Å²) in [6.07, 6.45) is 0. The number of halogens is 2. The molecule has 0 saturated carbocycles. The van der Waals surface area contributed by atoms with E-state index < -0.39 is 0 Å². The lowest BCUT2D eigenvalue weighted by atomic mass is 10.2. The molecule has 0 amide bonds. The van der Waals surface area contributed by atoms with Gasteiger partial charge in [0.25, 0.3) is 0 Å². The summed E-state index contributed by atoms with van der Waals surface area (Å²) in [5.41, 5.74) is 0.962. The smallest absolute Gasteiger partial charge is 0.137 e. The van der Waals surface area contributed by atoms with Crippen LogP contribution in [0.4, 0.5) is 0 Å². The van der Waals surface area contributed by atoms with Crippen LogP contribution in [-0.2, 0) is 20.1 Å². The van der Waals surface area contributed by atoms with Crippen molar-refractivity contribution in [1.29, 1.82) is 0 Å². The molecule has 0 aromatic heterocycles. The highest BCUT2D eigenvalue weighted by Crippen LogP contribution is 2.29. The van der Waals surface area contributed by atoms with Crippen LogP contribution in [0.5, 0.6) is 5.75 Å². The first-order valence-corrected chi connectivity index (χ1v) is 7.73. The van der Waals surface area contributed by atoms with E-state index in [-0.39, 0.29) is 0 Å². The fraction of sp³-hybridized carbons (Fsp3) is 0.571. The predicted octanol–water partition coefficient (Wildman–Crippen LogP) is 3.25. The molecule has 0 bridgehead atoms. The standard InChI is InChI=1S/C14H20BrClO4/c1-17-5-6-18-7-8-19-9-10-20-14-12(11-16)3-2-4-13(14)15/h2-4H,5-11H2,1H3. The zero-order valence-electron chi connectivity index (χ0n) is 11.6. The van der Waals surface area contributed by atoms with Crippen LogP contribution >= 0.6 is 27.5 Å². The van der Waals surface area contributed by atoms with Gasteiger partial charge in [0.1, 0.15) is 12.4 Å². The number of alkyl halides is 1. The molecule has 4 nitrogen and oxygen atoms in total. The van der Waals surface area contributed by atoms with Crippen LogP contribution < -0.4 is 4.74 Å². The summed E-state index contributed by atoms with van der Waals surface area (Å²) in [7, 11) is 1.65. The molecule has 0 aliphatic heterocycles. The van der Waals surface area contributed by atoms with Crippen molar-refractivity contribution in [3.63, 3.8) is 0 Å². The average molecular weight is 368 g/mol. The highest BCUT2D eigenvalue weighted by molar-refractivity contribution is 9.10. The van der Waals surface area contributed by atoms with Gasteiger partial charge < -0.3 is 18.9 Å². The predicted molar refractivity (Wildman–Crippen MR) is 82.7 cm³/mol. The second kappa shape index (κ2) is 11.3. The van der Waals surface area contributed by atoms with E-state index >= 15 is 0 Å². The number of methoxy groups -OCH3 is 1. The minimum atomic E-state index is 0.420. The molecule has 1 aromatic rings. The Morgan fingerprint density at radius 3 is 2.30 bits per heavy atom. The Hall–Kier alpha value is -0.330. The van der Waals surface area contributed by atoms with Gasteiger partial charge in [-0.2, -0.15) is 0 Å². The number of rotatable bonds is 11. The second-order valence-corrected chi connectivity index (χ2v) is 5.05. The molecule has 0 saturated heterocycles. The van der Waals surface area contributed by atoms with Crippen molar-refractivity contribution in [2.75, 3.05) is 46.8 Å². The lowest BCUT2D eigenvalue weighted by Crippen LogP contribution is -2.12.